The van der Waals surface area contributed by atoms with Crippen LogP contribution in [-0.4, -0.2) is 43.0 Å². The molecule has 0 radical (unpaired) electrons. The largest absolute Gasteiger partial charge is 0.376 e. The zero-order chi connectivity index (χ0) is 13.8. The summed E-state index contributed by atoms with van der Waals surface area (Å²) in [6.07, 6.45) is 0.217. The number of nitrogens with one attached hydrogen (secondary N) is 1. The lowest BCUT2D eigenvalue weighted by Crippen LogP contribution is -2.44. The molecule has 106 valence electrons. The van der Waals surface area contributed by atoms with Crippen molar-refractivity contribution in [1.29, 1.82) is 0 Å². The van der Waals surface area contributed by atoms with Crippen molar-refractivity contribution in [2.45, 2.75) is 39.3 Å². The first-order valence-electron chi connectivity index (χ1n) is 6.52. The number of nitrogens with zero attached hydrogens (tertiary/aromatic N) is 1. The third-order valence-corrected chi connectivity index (χ3v) is 3.27. The van der Waals surface area contributed by atoms with E-state index in [0.29, 0.717) is 25.6 Å². The van der Waals surface area contributed by atoms with Gasteiger partial charge >= 0.3 is 0 Å². The Hall–Kier alpha value is -1.40. The summed E-state index contributed by atoms with van der Waals surface area (Å²) in [4.78, 5) is 12.0. The predicted octanol–water partition coefficient (Wildman–Crippen LogP) is 0.754. The van der Waals surface area contributed by atoms with Crippen LogP contribution >= 0.6 is 0 Å². The third kappa shape index (κ3) is 3.33. The molecule has 2 rings (SSSR count). The maximum atomic E-state index is 12.0. The molecular formula is C13H20N2O4. The van der Waals surface area contributed by atoms with Gasteiger partial charge in [0.25, 0.3) is 0 Å². The van der Waals surface area contributed by atoms with E-state index in [9.17, 15) is 4.79 Å². The average Bonchev–Trinajstić information content (AvgIpc) is 2.92. The molecule has 1 aliphatic heterocycles. The molecule has 0 spiro atoms. The minimum Gasteiger partial charge on any atom is -0.376 e. The van der Waals surface area contributed by atoms with Gasteiger partial charge in [-0.05, 0) is 20.8 Å². The Balaban J connectivity index is 1.91. The Morgan fingerprint density at radius 1 is 1.47 bits per heavy atom. The van der Waals surface area contributed by atoms with Crippen LogP contribution in [-0.2, 0) is 20.7 Å². The number of carbonyl (C=O) groups excluding carboxylic acids is 1. The minimum atomic E-state index is -0.0760. The molecule has 1 fully saturated rings. The highest BCUT2D eigenvalue weighted by atomic mass is 16.5. The monoisotopic (exact) mass is 268 g/mol. The lowest BCUT2D eigenvalue weighted by molar-refractivity contribution is -0.122. The van der Waals surface area contributed by atoms with Gasteiger partial charge in [-0.25, -0.2) is 0 Å². The van der Waals surface area contributed by atoms with Crippen LogP contribution < -0.4 is 5.32 Å². The van der Waals surface area contributed by atoms with E-state index in [1.54, 1.807) is 0 Å². The van der Waals surface area contributed by atoms with E-state index in [0.717, 1.165) is 11.3 Å². The molecule has 1 aromatic heterocycles. The van der Waals surface area contributed by atoms with E-state index in [-0.39, 0.29) is 24.5 Å². The maximum absolute atomic E-state index is 12.0. The molecule has 0 bridgehead atoms. The van der Waals surface area contributed by atoms with Crippen molar-refractivity contribution in [3.63, 3.8) is 0 Å². The van der Waals surface area contributed by atoms with Crippen LogP contribution in [0.3, 0.4) is 0 Å². The van der Waals surface area contributed by atoms with Gasteiger partial charge in [0, 0.05) is 12.2 Å². The van der Waals surface area contributed by atoms with Crippen molar-refractivity contribution >= 4 is 5.91 Å². The zero-order valence-electron chi connectivity index (χ0n) is 11.6. The predicted molar refractivity (Wildman–Crippen MR) is 67.8 cm³/mol. The second-order valence-electron chi connectivity index (χ2n) is 4.68. The van der Waals surface area contributed by atoms with Crippen LogP contribution in [0.5, 0.6) is 0 Å². The average molecular weight is 268 g/mol. The molecule has 1 aromatic rings. The van der Waals surface area contributed by atoms with E-state index in [1.807, 2.05) is 20.8 Å². The number of hydrogen-bond acceptors (Lipinski definition) is 5. The van der Waals surface area contributed by atoms with E-state index >= 15 is 0 Å². The summed E-state index contributed by atoms with van der Waals surface area (Å²) in [5, 5.41) is 6.79. The highest BCUT2D eigenvalue weighted by Gasteiger charge is 2.30. The topological polar surface area (TPSA) is 73.6 Å². The minimum absolute atomic E-state index is 0.0568. The van der Waals surface area contributed by atoms with Crippen molar-refractivity contribution in [2.75, 3.05) is 19.8 Å². The lowest BCUT2D eigenvalue weighted by atomic mass is 10.1. The fraction of sp³-hybridized carbons (Fsp3) is 0.692. The summed E-state index contributed by atoms with van der Waals surface area (Å²) in [5.41, 5.74) is 1.61. The van der Waals surface area contributed by atoms with Crippen LogP contribution in [0.15, 0.2) is 4.52 Å². The van der Waals surface area contributed by atoms with Crippen LogP contribution in [0.4, 0.5) is 0 Å². The normalized spacial score (nSPS) is 22.7. The van der Waals surface area contributed by atoms with Gasteiger partial charge in [-0.15, -0.1) is 0 Å². The van der Waals surface area contributed by atoms with Crippen molar-refractivity contribution < 1.29 is 18.8 Å². The van der Waals surface area contributed by atoms with Crippen molar-refractivity contribution in [1.82, 2.24) is 10.5 Å². The molecule has 0 saturated carbocycles. The van der Waals surface area contributed by atoms with Crippen molar-refractivity contribution in [3.05, 3.63) is 17.0 Å². The first-order chi connectivity index (χ1) is 9.11. The first kappa shape index (κ1) is 14.0. The Labute approximate surface area is 112 Å². The number of hydrogen-bond donors (Lipinski definition) is 1. The van der Waals surface area contributed by atoms with Crippen LogP contribution in [0, 0.1) is 13.8 Å². The molecule has 1 N–H and O–H groups in total. The molecule has 1 amide bonds. The summed E-state index contributed by atoms with van der Waals surface area (Å²) in [6, 6.07) is -0.0760. The number of aromatic nitrogens is 1. The number of amides is 1. The summed E-state index contributed by atoms with van der Waals surface area (Å²) in [7, 11) is 0. The SMILES string of the molecule is CCO[C@H]1COC[C@@H]1NC(=O)Cc1c(C)noc1C. The van der Waals surface area contributed by atoms with Crippen molar-refractivity contribution in [2.24, 2.45) is 0 Å². The lowest BCUT2D eigenvalue weighted by Gasteiger charge is -2.18. The highest BCUT2D eigenvalue weighted by Crippen LogP contribution is 2.14. The molecule has 6 heteroatoms. The molecule has 2 heterocycles. The molecule has 1 saturated heterocycles. The van der Waals surface area contributed by atoms with Gasteiger partial charge in [-0.1, -0.05) is 5.16 Å². The fourth-order valence-corrected chi connectivity index (χ4v) is 2.22. The summed E-state index contributed by atoms with van der Waals surface area (Å²) in [6.45, 7) is 7.22. The second kappa shape index (κ2) is 6.16. The Morgan fingerprint density at radius 2 is 2.26 bits per heavy atom. The summed E-state index contributed by atoms with van der Waals surface area (Å²) < 4.78 is 15.9. The first-order valence-corrected chi connectivity index (χ1v) is 6.52. The maximum Gasteiger partial charge on any atom is 0.225 e. The van der Waals surface area contributed by atoms with E-state index in [4.69, 9.17) is 14.0 Å². The number of rotatable bonds is 5. The highest BCUT2D eigenvalue weighted by molar-refractivity contribution is 5.79. The van der Waals surface area contributed by atoms with Crippen molar-refractivity contribution in [3.8, 4) is 0 Å². The van der Waals surface area contributed by atoms with Gasteiger partial charge in [-0.2, -0.15) is 0 Å². The number of aryl methyl sites for hydroxylation is 2. The Morgan fingerprint density at radius 3 is 2.89 bits per heavy atom. The number of ether oxygens (including phenoxy) is 2. The summed E-state index contributed by atoms with van der Waals surface area (Å²) >= 11 is 0. The van der Waals surface area contributed by atoms with E-state index < -0.39 is 0 Å². The van der Waals surface area contributed by atoms with Gasteiger partial charge in [-0.3, -0.25) is 4.79 Å². The molecule has 0 aromatic carbocycles. The molecule has 0 unspecified atom stereocenters. The van der Waals surface area contributed by atoms with Crippen LogP contribution in [0.2, 0.25) is 0 Å². The van der Waals surface area contributed by atoms with E-state index in [2.05, 4.69) is 10.5 Å². The zero-order valence-corrected chi connectivity index (χ0v) is 11.6. The molecule has 6 nitrogen and oxygen atoms in total. The Kier molecular flexibility index (Phi) is 4.55. The molecule has 0 aliphatic carbocycles. The number of carbonyl (C=O) groups is 1. The Bertz CT molecular complexity index is 424. The van der Waals surface area contributed by atoms with Gasteiger partial charge in [0.15, 0.2) is 0 Å². The van der Waals surface area contributed by atoms with E-state index in [1.165, 1.54) is 0 Å². The molecule has 2 atom stereocenters. The molecule has 19 heavy (non-hydrogen) atoms. The molecule has 1 aliphatic rings. The third-order valence-electron chi connectivity index (χ3n) is 3.27. The van der Waals surface area contributed by atoms with Gasteiger partial charge in [0.05, 0.1) is 31.4 Å². The van der Waals surface area contributed by atoms with Crippen LogP contribution in [0.25, 0.3) is 0 Å². The van der Waals surface area contributed by atoms with Crippen LogP contribution in [0.1, 0.15) is 23.9 Å². The second-order valence-corrected chi connectivity index (χ2v) is 4.68. The van der Waals surface area contributed by atoms with Gasteiger partial charge in [0.2, 0.25) is 5.91 Å². The summed E-state index contributed by atoms with van der Waals surface area (Å²) in [5.74, 6) is 0.631. The standard InChI is InChI=1S/C13H20N2O4/c1-4-18-12-7-17-6-11(12)14-13(16)5-10-8(2)15-19-9(10)3/h11-12H,4-7H2,1-3H3,(H,14,16)/t11-,12-/m0/s1. The fourth-order valence-electron chi connectivity index (χ4n) is 2.22. The quantitative estimate of drug-likeness (QED) is 0.853. The molecular weight excluding hydrogens is 248 g/mol. The van der Waals surface area contributed by atoms with Gasteiger partial charge < -0.3 is 19.3 Å². The van der Waals surface area contributed by atoms with Gasteiger partial charge in [0.1, 0.15) is 11.9 Å². The smallest absolute Gasteiger partial charge is 0.225 e.